The molecule has 0 fully saturated rings. The molecule has 7 heteroatoms. The van der Waals surface area contributed by atoms with E-state index in [1.807, 2.05) is 11.0 Å². The van der Waals surface area contributed by atoms with Gasteiger partial charge in [-0.15, -0.1) is 0 Å². The number of hydrogen-bond acceptors (Lipinski definition) is 5. The number of primary amides is 1. The summed E-state index contributed by atoms with van der Waals surface area (Å²) in [5, 5.41) is 0. The van der Waals surface area contributed by atoms with Crippen molar-refractivity contribution in [3.8, 4) is 0 Å². The first-order valence-corrected chi connectivity index (χ1v) is 8.72. The summed E-state index contributed by atoms with van der Waals surface area (Å²) in [6.45, 7) is 0.867. The largest absolute Gasteiger partial charge is 0.368 e. The predicted molar refractivity (Wildman–Crippen MR) is 83.3 cm³/mol. The molecule has 0 heterocycles. The summed E-state index contributed by atoms with van der Waals surface area (Å²) in [6.07, 6.45) is 1.52. The van der Waals surface area contributed by atoms with Crippen molar-refractivity contribution in [1.29, 1.82) is 0 Å². The summed E-state index contributed by atoms with van der Waals surface area (Å²) in [5.41, 5.74) is 11.0. The summed E-state index contributed by atoms with van der Waals surface area (Å²) in [4.78, 5) is 13.6. The Morgan fingerprint density at radius 2 is 1.81 bits per heavy atom. The molecule has 0 saturated heterocycles. The maximum absolute atomic E-state index is 11.7. The second-order valence-corrected chi connectivity index (χ2v) is 7.64. The molecule has 1 aromatic rings. The lowest BCUT2D eigenvalue weighted by Gasteiger charge is -2.28. The van der Waals surface area contributed by atoms with E-state index in [-0.39, 0.29) is 5.75 Å². The van der Waals surface area contributed by atoms with Crippen molar-refractivity contribution in [1.82, 2.24) is 4.90 Å². The minimum atomic E-state index is -3.01. The van der Waals surface area contributed by atoms with Gasteiger partial charge in [-0.25, -0.2) is 8.42 Å². The first kappa shape index (κ1) is 17.6. The Balaban J connectivity index is 2.70. The third-order valence-electron chi connectivity index (χ3n) is 3.46. The van der Waals surface area contributed by atoms with Gasteiger partial charge < -0.3 is 16.4 Å². The fourth-order valence-corrected chi connectivity index (χ4v) is 2.59. The van der Waals surface area contributed by atoms with Crippen LogP contribution in [0, 0.1) is 0 Å². The van der Waals surface area contributed by atoms with Gasteiger partial charge in [0.2, 0.25) is 5.91 Å². The standard InChI is InChI=1S/C14H23N3O3S/c1-17(10-11-21(2,19)20)9-8-14(16,13(15)18)12-6-4-3-5-7-12/h3-7H,8-11,16H2,1-2H3,(H2,15,18). The highest BCUT2D eigenvalue weighted by Crippen LogP contribution is 2.22. The molecule has 1 atom stereocenters. The molecular weight excluding hydrogens is 290 g/mol. The molecule has 0 aliphatic rings. The molecule has 0 aliphatic carbocycles. The Morgan fingerprint density at radius 3 is 2.29 bits per heavy atom. The third kappa shape index (κ3) is 5.45. The van der Waals surface area contributed by atoms with Gasteiger partial charge in [-0.3, -0.25) is 4.79 Å². The second kappa shape index (κ2) is 7.02. The van der Waals surface area contributed by atoms with E-state index in [4.69, 9.17) is 11.5 Å². The number of amides is 1. The van der Waals surface area contributed by atoms with Crippen LogP contribution in [-0.4, -0.2) is 51.4 Å². The number of carbonyl (C=O) groups excluding carboxylic acids is 1. The number of rotatable bonds is 8. The maximum Gasteiger partial charge on any atom is 0.242 e. The van der Waals surface area contributed by atoms with Crippen LogP contribution in [0.1, 0.15) is 12.0 Å². The average molecular weight is 313 g/mol. The molecule has 0 radical (unpaired) electrons. The van der Waals surface area contributed by atoms with Crippen LogP contribution >= 0.6 is 0 Å². The van der Waals surface area contributed by atoms with Crippen LogP contribution in [0.4, 0.5) is 0 Å². The van der Waals surface area contributed by atoms with Crippen LogP contribution in [0.2, 0.25) is 0 Å². The van der Waals surface area contributed by atoms with Crippen LogP contribution < -0.4 is 11.5 Å². The number of nitrogens with zero attached hydrogens (tertiary/aromatic N) is 1. The third-order valence-corrected chi connectivity index (χ3v) is 4.38. The summed E-state index contributed by atoms with van der Waals surface area (Å²) < 4.78 is 22.3. The minimum absolute atomic E-state index is 0.0724. The van der Waals surface area contributed by atoms with Crippen molar-refractivity contribution in [3.05, 3.63) is 35.9 Å². The molecule has 21 heavy (non-hydrogen) atoms. The summed E-state index contributed by atoms with van der Waals surface area (Å²) in [5.74, 6) is -0.520. The quantitative estimate of drug-likeness (QED) is 0.685. The predicted octanol–water partition coefficient (Wildman–Crippen LogP) is -0.308. The lowest BCUT2D eigenvalue weighted by atomic mass is 9.87. The van der Waals surface area contributed by atoms with Crippen molar-refractivity contribution in [2.45, 2.75) is 12.0 Å². The maximum atomic E-state index is 11.7. The van der Waals surface area contributed by atoms with Crippen molar-refractivity contribution in [2.75, 3.05) is 32.1 Å². The smallest absolute Gasteiger partial charge is 0.242 e. The van der Waals surface area contributed by atoms with Crippen LogP contribution in [0.3, 0.4) is 0 Å². The molecule has 1 amide bonds. The number of carbonyl (C=O) groups is 1. The van der Waals surface area contributed by atoms with Gasteiger partial charge in [-0.05, 0) is 19.0 Å². The molecule has 0 aromatic heterocycles. The Bertz CT molecular complexity index is 574. The van der Waals surface area contributed by atoms with Crippen molar-refractivity contribution in [2.24, 2.45) is 11.5 Å². The van der Waals surface area contributed by atoms with E-state index in [0.717, 1.165) is 0 Å². The number of nitrogens with two attached hydrogens (primary N) is 2. The first-order valence-electron chi connectivity index (χ1n) is 6.66. The lowest BCUT2D eigenvalue weighted by molar-refractivity contribution is -0.123. The van der Waals surface area contributed by atoms with Gasteiger partial charge in [0, 0.05) is 19.3 Å². The van der Waals surface area contributed by atoms with Crippen molar-refractivity contribution < 1.29 is 13.2 Å². The zero-order chi connectivity index (χ0) is 16.1. The molecule has 0 aliphatic heterocycles. The van der Waals surface area contributed by atoms with Crippen LogP contribution in [0.25, 0.3) is 0 Å². The highest BCUT2D eigenvalue weighted by atomic mass is 32.2. The summed E-state index contributed by atoms with van der Waals surface area (Å²) in [6, 6.07) is 8.96. The Labute approximate surface area is 126 Å². The van der Waals surface area contributed by atoms with E-state index < -0.39 is 21.3 Å². The monoisotopic (exact) mass is 313 g/mol. The highest BCUT2D eigenvalue weighted by Gasteiger charge is 2.33. The molecule has 0 spiro atoms. The van der Waals surface area contributed by atoms with Gasteiger partial charge in [0.1, 0.15) is 15.4 Å². The fraction of sp³-hybridized carbons (Fsp3) is 0.500. The SMILES string of the molecule is CN(CCC(N)(C(N)=O)c1ccccc1)CCS(C)(=O)=O. The highest BCUT2D eigenvalue weighted by molar-refractivity contribution is 7.90. The van der Waals surface area contributed by atoms with Gasteiger partial charge in [0.15, 0.2) is 0 Å². The van der Waals surface area contributed by atoms with E-state index in [0.29, 0.717) is 25.1 Å². The van der Waals surface area contributed by atoms with Gasteiger partial charge in [0.05, 0.1) is 5.75 Å². The van der Waals surface area contributed by atoms with Crippen LogP contribution in [-0.2, 0) is 20.2 Å². The molecule has 0 bridgehead atoms. The molecular formula is C14H23N3O3S. The van der Waals surface area contributed by atoms with Gasteiger partial charge >= 0.3 is 0 Å². The second-order valence-electron chi connectivity index (χ2n) is 5.38. The Morgan fingerprint density at radius 1 is 1.24 bits per heavy atom. The molecule has 1 aromatic carbocycles. The first-order chi connectivity index (χ1) is 9.65. The van der Waals surface area contributed by atoms with Crippen LogP contribution in [0.15, 0.2) is 30.3 Å². The van der Waals surface area contributed by atoms with E-state index >= 15 is 0 Å². The van der Waals surface area contributed by atoms with Crippen molar-refractivity contribution in [3.63, 3.8) is 0 Å². The molecule has 1 rings (SSSR count). The minimum Gasteiger partial charge on any atom is -0.368 e. The average Bonchev–Trinajstić information content (AvgIpc) is 2.42. The zero-order valence-electron chi connectivity index (χ0n) is 12.5. The number of benzene rings is 1. The lowest BCUT2D eigenvalue weighted by Crippen LogP contribution is -2.50. The Hall–Kier alpha value is -1.44. The van der Waals surface area contributed by atoms with Gasteiger partial charge in [0.25, 0.3) is 0 Å². The van der Waals surface area contributed by atoms with Gasteiger partial charge in [-0.2, -0.15) is 0 Å². The normalized spacial score (nSPS) is 14.9. The van der Waals surface area contributed by atoms with Gasteiger partial charge in [-0.1, -0.05) is 30.3 Å². The van der Waals surface area contributed by atoms with E-state index in [2.05, 4.69) is 0 Å². The summed E-state index contributed by atoms with van der Waals surface area (Å²) >= 11 is 0. The zero-order valence-corrected chi connectivity index (χ0v) is 13.3. The summed E-state index contributed by atoms with van der Waals surface area (Å²) in [7, 11) is -1.22. The topological polar surface area (TPSA) is 106 Å². The molecule has 4 N–H and O–H groups in total. The molecule has 118 valence electrons. The van der Waals surface area contributed by atoms with E-state index in [1.54, 1.807) is 31.3 Å². The molecule has 0 saturated carbocycles. The van der Waals surface area contributed by atoms with Crippen molar-refractivity contribution >= 4 is 15.7 Å². The van der Waals surface area contributed by atoms with E-state index in [9.17, 15) is 13.2 Å². The number of sulfone groups is 1. The Kier molecular flexibility index (Phi) is 5.88. The molecule has 6 nitrogen and oxygen atoms in total. The molecule has 1 unspecified atom stereocenters. The fourth-order valence-electron chi connectivity index (χ4n) is 1.95. The van der Waals surface area contributed by atoms with E-state index in [1.165, 1.54) is 6.26 Å². The van der Waals surface area contributed by atoms with Crippen LogP contribution in [0.5, 0.6) is 0 Å². The number of hydrogen-bond donors (Lipinski definition) is 2.